The normalized spacial score (nSPS) is 17.2. The molecule has 0 saturated carbocycles. The van der Waals surface area contributed by atoms with Crippen molar-refractivity contribution in [3.8, 4) is 0 Å². The third-order valence-electron chi connectivity index (χ3n) is 3.99. The first-order valence-corrected chi connectivity index (χ1v) is 7.87. The van der Waals surface area contributed by atoms with E-state index in [1.54, 1.807) is 6.07 Å². The highest BCUT2D eigenvalue weighted by atomic mass is 35.5. The molecule has 1 aliphatic rings. The molecule has 124 valence electrons. The van der Waals surface area contributed by atoms with Crippen LogP contribution in [0, 0.1) is 0 Å². The summed E-state index contributed by atoms with van der Waals surface area (Å²) in [6, 6.07) is 2.66. The van der Waals surface area contributed by atoms with Gasteiger partial charge < -0.3 is 4.74 Å². The third kappa shape index (κ3) is 4.15. The molecule has 0 atom stereocenters. The minimum absolute atomic E-state index is 0.138. The first kappa shape index (κ1) is 17.6. The van der Waals surface area contributed by atoms with Crippen molar-refractivity contribution < 1.29 is 17.9 Å². The first-order chi connectivity index (χ1) is 10.3. The Balaban J connectivity index is 2.25. The van der Waals surface area contributed by atoms with Gasteiger partial charge in [0.25, 0.3) is 0 Å². The Hall–Kier alpha value is -0.780. The Morgan fingerprint density at radius 3 is 2.41 bits per heavy atom. The van der Waals surface area contributed by atoms with Crippen molar-refractivity contribution in [1.82, 2.24) is 4.90 Å². The molecule has 1 fully saturated rings. The summed E-state index contributed by atoms with van der Waals surface area (Å²) in [5.74, 6) is 0.138. The molecule has 22 heavy (non-hydrogen) atoms. The van der Waals surface area contributed by atoms with Gasteiger partial charge in [0, 0.05) is 19.6 Å². The van der Waals surface area contributed by atoms with E-state index < -0.39 is 11.7 Å². The summed E-state index contributed by atoms with van der Waals surface area (Å²) in [6.07, 6.45) is -3.89. The lowest BCUT2D eigenvalue weighted by molar-refractivity contribution is -0.137. The maximum absolute atomic E-state index is 13.0. The van der Waals surface area contributed by atoms with E-state index in [4.69, 9.17) is 16.3 Å². The van der Waals surface area contributed by atoms with Gasteiger partial charge in [0.1, 0.15) is 0 Å². The minimum atomic E-state index is -4.42. The zero-order valence-corrected chi connectivity index (χ0v) is 13.6. The maximum Gasteiger partial charge on any atom is 0.417 e. The van der Waals surface area contributed by atoms with Gasteiger partial charge in [-0.2, -0.15) is 13.2 Å². The summed E-state index contributed by atoms with van der Waals surface area (Å²) in [7, 11) is 0. The molecule has 2 rings (SSSR count). The zero-order chi connectivity index (χ0) is 16.3. The van der Waals surface area contributed by atoms with Crippen molar-refractivity contribution in [3.05, 3.63) is 33.8 Å². The Labute approximate surface area is 134 Å². The predicted molar refractivity (Wildman–Crippen MR) is 81.5 cm³/mol. The van der Waals surface area contributed by atoms with Crippen LogP contribution in [0.15, 0.2) is 12.1 Å². The lowest BCUT2D eigenvalue weighted by Crippen LogP contribution is -2.37. The molecule has 0 radical (unpaired) electrons. The number of nitrogens with zero attached hydrogens (tertiary/aromatic N) is 1. The number of alkyl halides is 3. The van der Waals surface area contributed by atoms with Crippen LogP contribution in [0.4, 0.5) is 13.2 Å². The van der Waals surface area contributed by atoms with Crippen LogP contribution < -0.4 is 0 Å². The second-order valence-electron chi connectivity index (χ2n) is 5.85. The van der Waals surface area contributed by atoms with E-state index in [2.05, 4.69) is 4.90 Å². The second kappa shape index (κ2) is 7.20. The van der Waals surface area contributed by atoms with E-state index in [-0.39, 0.29) is 10.9 Å². The molecule has 0 unspecified atom stereocenters. The highest BCUT2D eigenvalue weighted by Crippen LogP contribution is 2.39. The van der Waals surface area contributed by atoms with E-state index in [0.29, 0.717) is 31.7 Å². The average Bonchev–Trinajstić information content (AvgIpc) is 2.45. The first-order valence-electron chi connectivity index (χ1n) is 7.49. The van der Waals surface area contributed by atoms with Crippen molar-refractivity contribution in [2.45, 2.75) is 32.4 Å². The van der Waals surface area contributed by atoms with Gasteiger partial charge in [-0.1, -0.05) is 31.5 Å². The van der Waals surface area contributed by atoms with E-state index in [1.807, 2.05) is 13.8 Å². The Morgan fingerprint density at radius 1 is 1.23 bits per heavy atom. The number of morpholine rings is 1. The number of ether oxygens (including phenoxy) is 1. The van der Waals surface area contributed by atoms with Crippen LogP contribution in [-0.4, -0.2) is 37.7 Å². The van der Waals surface area contributed by atoms with E-state index in [0.717, 1.165) is 24.7 Å². The van der Waals surface area contributed by atoms with Gasteiger partial charge in [-0.3, -0.25) is 4.90 Å². The third-order valence-corrected chi connectivity index (χ3v) is 4.42. The lowest BCUT2D eigenvalue weighted by atomic mass is 9.93. The second-order valence-corrected chi connectivity index (χ2v) is 6.23. The van der Waals surface area contributed by atoms with E-state index in [9.17, 15) is 13.2 Å². The summed E-state index contributed by atoms with van der Waals surface area (Å²) in [4.78, 5) is 2.20. The molecule has 1 aliphatic heterocycles. The fourth-order valence-corrected chi connectivity index (χ4v) is 3.12. The topological polar surface area (TPSA) is 12.5 Å². The van der Waals surface area contributed by atoms with Gasteiger partial charge in [-0.05, 0) is 29.5 Å². The molecule has 0 amide bonds. The molecule has 1 aromatic rings. The van der Waals surface area contributed by atoms with Crippen molar-refractivity contribution in [2.24, 2.45) is 0 Å². The molecule has 0 aromatic heterocycles. The smallest absolute Gasteiger partial charge is 0.379 e. The van der Waals surface area contributed by atoms with Crippen molar-refractivity contribution in [1.29, 1.82) is 0 Å². The standard InChI is InChI=1S/C16H21ClF3NO/c1-11(2)12-3-4-14(16(18,19)20)15(17)13(12)5-6-21-7-9-22-10-8-21/h3-4,11H,5-10H2,1-2H3. The summed E-state index contributed by atoms with van der Waals surface area (Å²) < 4.78 is 44.4. The molecule has 0 aliphatic carbocycles. The molecule has 1 heterocycles. The van der Waals surface area contributed by atoms with Crippen LogP contribution in [0.25, 0.3) is 0 Å². The van der Waals surface area contributed by atoms with Gasteiger partial charge in [0.05, 0.1) is 23.8 Å². The minimum Gasteiger partial charge on any atom is -0.379 e. The highest BCUT2D eigenvalue weighted by molar-refractivity contribution is 6.32. The molecule has 1 saturated heterocycles. The largest absolute Gasteiger partial charge is 0.417 e. The van der Waals surface area contributed by atoms with Crippen LogP contribution >= 0.6 is 11.6 Å². The van der Waals surface area contributed by atoms with E-state index in [1.165, 1.54) is 0 Å². The Morgan fingerprint density at radius 2 is 1.86 bits per heavy atom. The van der Waals surface area contributed by atoms with Crippen LogP contribution in [-0.2, 0) is 17.3 Å². The SMILES string of the molecule is CC(C)c1ccc(C(F)(F)F)c(Cl)c1CCN1CCOCC1. The fraction of sp³-hybridized carbons (Fsp3) is 0.625. The van der Waals surface area contributed by atoms with E-state index >= 15 is 0 Å². The summed E-state index contributed by atoms with van der Waals surface area (Å²) >= 11 is 6.10. The van der Waals surface area contributed by atoms with Gasteiger partial charge in [-0.15, -0.1) is 0 Å². The molecule has 0 spiro atoms. The maximum atomic E-state index is 13.0. The number of rotatable bonds is 4. The van der Waals surface area contributed by atoms with Crippen LogP contribution in [0.3, 0.4) is 0 Å². The monoisotopic (exact) mass is 335 g/mol. The van der Waals surface area contributed by atoms with Gasteiger partial charge in [0.2, 0.25) is 0 Å². The quantitative estimate of drug-likeness (QED) is 0.810. The molecule has 0 N–H and O–H groups in total. The zero-order valence-electron chi connectivity index (χ0n) is 12.8. The fourth-order valence-electron chi connectivity index (χ4n) is 2.74. The van der Waals surface area contributed by atoms with Crippen molar-refractivity contribution in [3.63, 3.8) is 0 Å². The van der Waals surface area contributed by atoms with Crippen molar-refractivity contribution >= 4 is 11.6 Å². The molecule has 6 heteroatoms. The Kier molecular flexibility index (Phi) is 5.75. The lowest BCUT2D eigenvalue weighted by Gasteiger charge is -2.27. The summed E-state index contributed by atoms with van der Waals surface area (Å²) in [5, 5.41) is -0.146. The molecular formula is C16H21ClF3NO. The predicted octanol–water partition coefficient (Wildman–Crippen LogP) is 4.36. The Bertz CT molecular complexity index is 511. The molecule has 0 bridgehead atoms. The molecule has 1 aromatic carbocycles. The number of hydrogen-bond acceptors (Lipinski definition) is 2. The molecular weight excluding hydrogens is 315 g/mol. The number of halogens is 4. The summed E-state index contributed by atoms with van der Waals surface area (Å²) in [6.45, 7) is 7.61. The van der Waals surface area contributed by atoms with Gasteiger partial charge in [0.15, 0.2) is 0 Å². The molecule has 2 nitrogen and oxygen atoms in total. The van der Waals surface area contributed by atoms with Gasteiger partial charge in [-0.25, -0.2) is 0 Å². The summed E-state index contributed by atoms with van der Waals surface area (Å²) in [5.41, 5.74) is 0.778. The van der Waals surface area contributed by atoms with Crippen LogP contribution in [0.5, 0.6) is 0 Å². The highest BCUT2D eigenvalue weighted by Gasteiger charge is 2.34. The van der Waals surface area contributed by atoms with Crippen LogP contribution in [0.1, 0.15) is 36.5 Å². The average molecular weight is 336 g/mol. The number of benzene rings is 1. The number of hydrogen-bond donors (Lipinski definition) is 0. The van der Waals surface area contributed by atoms with Crippen molar-refractivity contribution in [2.75, 3.05) is 32.8 Å². The van der Waals surface area contributed by atoms with Gasteiger partial charge >= 0.3 is 6.18 Å². The van der Waals surface area contributed by atoms with Crippen LogP contribution in [0.2, 0.25) is 5.02 Å².